The molecule has 0 spiro atoms. The summed E-state index contributed by atoms with van der Waals surface area (Å²) in [6.45, 7) is 0. The summed E-state index contributed by atoms with van der Waals surface area (Å²) in [6, 6.07) is 0. The van der Waals surface area contributed by atoms with Gasteiger partial charge in [-0.2, -0.15) is 0 Å². The second-order valence-corrected chi connectivity index (χ2v) is 2.67. The first-order valence-electron chi connectivity index (χ1n) is 3.27. The highest BCUT2D eigenvalue weighted by atomic mass is 16.5. The van der Waals surface area contributed by atoms with Gasteiger partial charge < -0.3 is 15.6 Å². The minimum absolute atomic E-state index is 0.380. The summed E-state index contributed by atoms with van der Waals surface area (Å²) in [6.07, 6.45) is 4.88. The van der Waals surface area contributed by atoms with Crippen molar-refractivity contribution in [2.75, 3.05) is 7.05 Å². The third kappa shape index (κ3) is 1.89. The number of nitrogens with zero attached hydrogens (tertiary/aromatic N) is 1. The molecule has 4 nitrogen and oxygen atoms in total. The van der Waals surface area contributed by atoms with Crippen LogP contribution in [0.15, 0.2) is 24.0 Å². The summed E-state index contributed by atoms with van der Waals surface area (Å²) in [5, 5.41) is 11.2. The van der Waals surface area contributed by atoms with E-state index in [1.165, 1.54) is 19.4 Å². The largest absolute Gasteiger partial charge is 0.623 e. The Morgan fingerprint density at radius 3 is 2.82 bits per heavy atom. The number of rotatable bonds is 1. The van der Waals surface area contributed by atoms with Gasteiger partial charge in [-0.15, -0.1) is 0 Å². The molecule has 0 saturated carbocycles. The Labute approximate surface area is 64.8 Å². The van der Waals surface area contributed by atoms with Crippen molar-refractivity contribution >= 4 is 5.91 Å². The standard InChI is InChI=1S/C7H10N2O2/c1-9(11)4-2-3-6(5-9)7(8)10/h2,4-5H,3H2,1H3,(H2,8,10). The molecular formula is C7H10N2O2. The lowest BCUT2D eigenvalue weighted by Crippen LogP contribution is -2.29. The van der Waals surface area contributed by atoms with Gasteiger partial charge in [-0.25, -0.2) is 0 Å². The van der Waals surface area contributed by atoms with E-state index in [0.29, 0.717) is 12.0 Å². The number of carbonyl (C=O) groups is 1. The van der Waals surface area contributed by atoms with Gasteiger partial charge in [-0.05, 0) is 6.08 Å². The molecule has 11 heavy (non-hydrogen) atoms. The number of nitrogens with two attached hydrogens (primary N) is 1. The second-order valence-electron chi connectivity index (χ2n) is 2.67. The Kier molecular flexibility index (Phi) is 1.80. The maximum atomic E-state index is 11.2. The molecule has 1 aliphatic heterocycles. The third-order valence-electron chi connectivity index (χ3n) is 1.47. The molecule has 1 amide bonds. The van der Waals surface area contributed by atoms with Gasteiger partial charge in [-0.3, -0.25) is 4.79 Å². The molecule has 0 aromatic heterocycles. The van der Waals surface area contributed by atoms with Crippen molar-refractivity contribution in [1.29, 1.82) is 0 Å². The van der Waals surface area contributed by atoms with Crippen molar-refractivity contribution in [3.05, 3.63) is 29.3 Å². The van der Waals surface area contributed by atoms with Crippen molar-refractivity contribution in [1.82, 2.24) is 0 Å². The fourth-order valence-electron chi connectivity index (χ4n) is 0.958. The van der Waals surface area contributed by atoms with E-state index in [4.69, 9.17) is 5.73 Å². The van der Waals surface area contributed by atoms with E-state index in [1.807, 2.05) is 0 Å². The van der Waals surface area contributed by atoms with Gasteiger partial charge in [0.15, 0.2) is 0 Å². The zero-order valence-corrected chi connectivity index (χ0v) is 6.28. The molecule has 0 radical (unpaired) electrons. The smallest absolute Gasteiger partial charge is 0.250 e. The van der Waals surface area contributed by atoms with Crippen LogP contribution in [-0.4, -0.2) is 17.6 Å². The first kappa shape index (κ1) is 7.97. The van der Waals surface area contributed by atoms with Crippen LogP contribution in [0.2, 0.25) is 0 Å². The normalized spacial score (nSPS) is 29.8. The van der Waals surface area contributed by atoms with Crippen LogP contribution in [0.4, 0.5) is 0 Å². The van der Waals surface area contributed by atoms with E-state index in [-0.39, 0.29) is 0 Å². The molecule has 60 valence electrons. The summed E-state index contributed by atoms with van der Waals surface area (Å²) in [5.74, 6) is -0.519. The first-order valence-corrected chi connectivity index (χ1v) is 3.27. The van der Waals surface area contributed by atoms with Crippen molar-refractivity contribution < 1.29 is 9.44 Å². The Balaban J connectivity index is 2.86. The SMILES string of the molecule is C[N+]1([O-])C=CCC(C(N)=O)=C1. The third-order valence-corrected chi connectivity index (χ3v) is 1.47. The monoisotopic (exact) mass is 154 g/mol. The number of quaternary nitrogens is 1. The highest BCUT2D eigenvalue weighted by molar-refractivity contribution is 5.92. The molecule has 4 heteroatoms. The first-order chi connectivity index (χ1) is 5.01. The quantitative estimate of drug-likeness (QED) is 0.433. The van der Waals surface area contributed by atoms with Crippen LogP contribution in [0.1, 0.15) is 6.42 Å². The summed E-state index contributed by atoms with van der Waals surface area (Å²) >= 11 is 0. The maximum Gasteiger partial charge on any atom is 0.250 e. The topological polar surface area (TPSA) is 66.2 Å². The van der Waals surface area contributed by atoms with Crippen LogP contribution in [0.3, 0.4) is 0 Å². The molecule has 1 unspecified atom stereocenters. The Bertz CT molecular complexity index is 241. The van der Waals surface area contributed by atoms with E-state index in [0.717, 1.165) is 0 Å². The van der Waals surface area contributed by atoms with Gasteiger partial charge in [0.1, 0.15) is 6.20 Å². The van der Waals surface area contributed by atoms with Crippen LogP contribution >= 0.6 is 0 Å². The average Bonchev–Trinajstić information content (AvgIpc) is 1.85. The second kappa shape index (κ2) is 2.48. The highest BCUT2D eigenvalue weighted by Gasteiger charge is 2.14. The van der Waals surface area contributed by atoms with Gasteiger partial charge in [-0.1, -0.05) is 0 Å². The van der Waals surface area contributed by atoms with Crippen molar-refractivity contribution in [3.63, 3.8) is 0 Å². The molecule has 0 fully saturated rings. The number of carbonyl (C=O) groups excluding carboxylic acids is 1. The predicted octanol–water partition coefficient (Wildman–Crippen LogP) is 0.217. The van der Waals surface area contributed by atoms with E-state index >= 15 is 0 Å². The van der Waals surface area contributed by atoms with Crippen molar-refractivity contribution in [3.8, 4) is 0 Å². The molecule has 0 aromatic carbocycles. The van der Waals surface area contributed by atoms with E-state index < -0.39 is 10.6 Å². The Hall–Kier alpha value is -1.13. The van der Waals surface area contributed by atoms with Crippen LogP contribution in [0.5, 0.6) is 0 Å². The van der Waals surface area contributed by atoms with Gasteiger partial charge in [0.2, 0.25) is 5.91 Å². The minimum atomic E-state index is -0.654. The van der Waals surface area contributed by atoms with Gasteiger partial charge >= 0.3 is 0 Å². The highest BCUT2D eigenvalue weighted by Crippen LogP contribution is 2.15. The van der Waals surface area contributed by atoms with Crippen molar-refractivity contribution in [2.45, 2.75) is 6.42 Å². The fraction of sp³-hybridized carbons (Fsp3) is 0.286. The maximum absolute atomic E-state index is 11.2. The predicted molar refractivity (Wildman–Crippen MR) is 40.6 cm³/mol. The van der Waals surface area contributed by atoms with Crippen molar-refractivity contribution in [2.24, 2.45) is 5.73 Å². The summed E-state index contributed by atoms with van der Waals surface area (Å²) in [5.41, 5.74) is 5.38. The summed E-state index contributed by atoms with van der Waals surface area (Å²) < 4.78 is -0.654. The zero-order chi connectivity index (χ0) is 8.48. The molecule has 2 N–H and O–H groups in total. The van der Waals surface area contributed by atoms with Crippen LogP contribution < -0.4 is 5.73 Å². The minimum Gasteiger partial charge on any atom is -0.623 e. The molecule has 0 aliphatic carbocycles. The van der Waals surface area contributed by atoms with Crippen LogP contribution in [0.25, 0.3) is 0 Å². The van der Waals surface area contributed by atoms with Crippen LogP contribution in [0, 0.1) is 5.21 Å². The number of hydroxylamine groups is 3. The number of primary amides is 1. The molecule has 1 aliphatic rings. The molecule has 1 atom stereocenters. The number of amides is 1. The lowest BCUT2D eigenvalue weighted by Gasteiger charge is -2.32. The van der Waals surface area contributed by atoms with E-state index in [2.05, 4.69) is 0 Å². The molecule has 0 saturated heterocycles. The zero-order valence-electron chi connectivity index (χ0n) is 6.28. The summed E-state index contributed by atoms with van der Waals surface area (Å²) in [4.78, 5) is 10.6. The summed E-state index contributed by atoms with van der Waals surface area (Å²) in [7, 11) is 1.43. The molecule has 0 aromatic rings. The van der Waals surface area contributed by atoms with Gasteiger partial charge in [0.25, 0.3) is 0 Å². The molecule has 1 rings (SSSR count). The average molecular weight is 154 g/mol. The van der Waals surface area contributed by atoms with E-state index in [1.54, 1.807) is 6.08 Å². The number of hydrogen-bond acceptors (Lipinski definition) is 2. The lowest BCUT2D eigenvalue weighted by molar-refractivity contribution is -0.752. The lowest BCUT2D eigenvalue weighted by atomic mass is 10.1. The van der Waals surface area contributed by atoms with Crippen LogP contribution in [-0.2, 0) is 4.79 Å². The Morgan fingerprint density at radius 1 is 1.82 bits per heavy atom. The van der Waals surface area contributed by atoms with Gasteiger partial charge in [0.05, 0.1) is 18.8 Å². The molecule has 0 bridgehead atoms. The number of hydrogen-bond donors (Lipinski definition) is 1. The molecular weight excluding hydrogens is 144 g/mol. The Morgan fingerprint density at radius 2 is 2.45 bits per heavy atom. The fourth-order valence-corrected chi connectivity index (χ4v) is 0.958. The van der Waals surface area contributed by atoms with E-state index in [9.17, 15) is 10.0 Å². The number of allylic oxidation sites excluding steroid dienone is 1. The van der Waals surface area contributed by atoms with Gasteiger partial charge in [0, 0.05) is 6.42 Å². The molecule has 1 heterocycles.